The van der Waals surface area contributed by atoms with E-state index >= 15 is 0 Å². The molecule has 1 aliphatic heterocycles. The monoisotopic (exact) mass is 396 g/mol. The molecule has 0 aromatic heterocycles. The van der Waals surface area contributed by atoms with E-state index < -0.39 is 23.6 Å². The van der Waals surface area contributed by atoms with Crippen LogP contribution >= 0.6 is 0 Å². The van der Waals surface area contributed by atoms with Crippen molar-refractivity contribution in [2.75, 3.05) is 19.4 Å². The molecule has 0 saturated heterocycles. The molecule has 0 spiro atoms. The lowest BCUT2D eigenvalue weighted by molar-refractivity contribution is -0.146. The maximum atomic E-state index is 12.4. The summed E-state index contributed by atoms with van der Waals surface area (Å²) < 4.78 is 5.51. The molecule has 2 atom stereocenters. The Balaban J connectivity index is 1.97. The summed E-state index contributed by atoms with van der Waals surface area (Å²) >= 11 is 0. The Labute approximate surface area is 169 Å². The number of hydrogen-bond donors (Lipinski definition) is 2. The highest BCUT2D eigenvalue weighted by atomic mass is 16.5. The van der Waals surface area contributed by atoms with Gasteiger partial charge in [0.25, 0.3) is 5.91 Å². The summed E-state index contributed by atoms with van der Waals surface area (Å²) in [5.74, 6) is -1.45. The Morgan fingerprint density at radius 3 is 2.48 bits per heavy atom. The lowest BCUT2D eigenvalue weighted by Gasteiger charge is -2.24. The largest absolute Gasteiger partial charge is 0.457 e. The lowest BCUT2D eigenvalue weighted by Crippen LogP contribution is -2.39. The molecule has 2 aromatic carbocycles. The van der Waals surface area contributed by atoms with Gasteiger partial charge in [0.2, 0.25) is 5.91 Å². The molecule has 152 valence electrons. The Bertz CT molecular complexity index is 941. The maximum absolute atomic E-state index is 12.4. The molecule has 1 aliphatic rings. The summed E-state index contributed by atoms with van der Waals surface area (Å²) in [6.45, 7) is 1.34. The maximum Gasteiger partial charge on any atom is 0.303 e. The first-order valence-electron chi connectivity index (χ1n) is 9.30. The van der Waals surface area contributed by atoms with E-state index in [-0.39, 0.29) is 12.3 Å². The number of carbonyl (C=O) groups is 3. The van der Waals surface area contributed by atoms with Crippen LogP contribution in [0.5, 0.6) is 0 Å². The molecule has 7 nitrogen and oxygen atoms in total. The van der Waals surface area contributed by atoms with Crippen molar-refractivity contribution >= 4 is 23.5 Å². The first-order valence-corrected chi connectivity index (χ1v) is 9.30. The highest BCUT2D eigenvalue weighted by molar-refractivity contribution is 6.07. The molecule has 2 amide bonds. The van der Waals surface area contributed by atoms with Crippen LogP contribution < -0.4 is 5.32 Å². The number of fused-ring (bicyclic) bond motifs is 1. The van der Waals surface area contributed by atoms with Gasteiger partial charge in [-0.25, -0.2) is 0 Å². The van der Waals surface area contributed by atoms with E-state index in [1.54, 1.807) is 32.3 Å². The second-order valence-electron chi connectivity index (χ2n) is 7.37. The van der Waals surface area contributed by atoms with Gasteiger partial charge in [-0.2, -0.15) is 0 Å². The highest BCUT2D eigenvalue weighted by Gasteiger charge is 2.47. The minimum atomic E-state index is -1.97. The van der Waals surface area contributed by atoms with Crippen LogP contribution in [0.1, 0.15) is 36.1 Å². The van der Waals surface area contributed by atoms with Crippen molar-refractivity contribution in [3.63, 3.8) is 0 Å². The van der Waals surface area contributed by atoms with E-state index in [2.05, 4.69) is 5.32 Å². The van der Waals surface area contributed by atoms with Crippen molar-refractivity contribution < 1.29 is 24.2 Å². The van der Waals surface area contributed by atoms with Crippen LogP contribution in [-0.2, 0) is 31.1 Å². The molecule has 0 aliphatic carbocycles. The highest BCUT2D eigenvalue weighted by Crippen LogP contribution is 2.40. The number of amides is 2. The molecular formula is C22H24N2O5. The first-order chi connectivity index (χ1) is 13.7. The van der Waals surface area contributed by atoms with E-state index in [0.29, 0.717) is 23.2 Å². The number of carbonyl (C=O) groups excluding carboxylic acids is 3. The SMILES string of the molecule is CC(=O)OC(Cc1ccccc1)c1ccc2c(c1)C(O)(CC(=O)N(C)C)C(=O)N2. The number of rotatable bonds is 6. The quantitative estimate of drug-likeness (QED) is 0.730. The van der Waals surface area contributed by atoms with Crippen LogP contribution in [-0.4, -0.2) is 41.9 Å². The number of anilines is 1. The zero-order valence-corrected chi connectivity index (χ0v) is 16.6. The van der Waals surface area contributed by atoms with Gasteiger partial charge in [0.1, 0.15) is 6.10 Å². The second kappa shape index (κ2) is 8.05. The number of hydrogen-bond acceptors (Lipinski definition) is 5. The summed E-state index contributed by atoms with van der Waals surface area (Å²) in [4.78, 5) is 37.6. The van der Waals surface area contributed by atoms with E-state index in [0.717, 1.165) is 5.56 Å². The predicted octanol–water partition coefficient (Wildman–Crippen LogP) is 2.15. The molecule has 29 heavy (non-hydrogen) atoms. The summed E-state index contributed by atoms with van der Waals surface area (Å²) in [6, 6.07) is 14.6. The summed E-state index contributed by atoms with van der Waals surface area (Å²) in [6.07, 6.45) is -0.529. The van der Waals surface area contributed by atoms with Crippen LogP contribution in [0.3, 0.4) is 0 Å². The molecule has 0 fully saturated rings. The summed E-state index contributed by atoms with van der Waals surface area (Å²) in [5.41, 5.74) is 0.385. The lowest BCUT2D eigenvalue weighted by atomic mass is 9.88. The van der Waals surface area contributed by atoms with E-state index in [1.165, 1.54) is 11.8 Å². The number of aliphatic hydroxyl groups is 1. The minimum Gasteiger partial charge on any atom is -0.457 e. The Morgan fingerprint density at radius 1 is 1.17 bits per heavy atom. The Kier molecular flexibility index (Phi) is 5.70. The summed E-state index contributed by atoms with van der Waals surface area (Å²) in [7, 11) is 3.12. The van der Waals surface area contributed by atoms with Crippen LogP contribution in [0.2, 0.25) is 0 Å². The minimum absolute atomic E-state index is 0.306. The van der Waals surface area contributed by atoms with Crippen LogP contribution in [0.15, 0.2) is 48.5 Å². The molecule has 0 bridgehead atoms. The van der Waals surface area contributed by atoms with Gasteiger partial charge in [0, 0.05) is 38.7 Å². The predicted molar refractivity (Wildman–Crippen MR) is 107 cm³/mol. The van der Waals surface area contributed by atoms with E-state index in [1.807, 2.05) is 30.3 Å². The van der Waals surface area contributed by atoms with Gasteiger partial charge in [0.15, 0.2) is 5.60 Å². The molecule has 2 N–H and O–H groups in total. The van der Waals surface area contributed by atoms with Crippen molar-refractivity contribution in [2.24, 2.45) is 0 Å². The molecule has 3 rings (SSSR count). The number of benzene rings is 2. The number of esters is 1. The summed E-state index contributed by atoms with van der Waals surface area (Å²) in [5, 5.41) is 13.7. The molecule has 7 heteroatoms. The van der Waals surface area contributed by atoms with Gasteiger partial charge in [0.05, 0.1) is 6.42 Å². The van der Waals surface area contributed by atoms with Crippen LogP contribution in [0.25, 0.3) is 0 Å². The molecule has 2 aromatic rings. The van der Waals surface area contributed by atoms with Crippen molar-refractivity contribution in [3.8, 4) is 0 Å². The molecule has 1 heterocycles. The van der Waals surface area contributed by atoms with Crippen molar-refractivity contribution in [3.05, 3.63) is 65.2 Å². The molecule has 0 radical (unpaired) electrons. The number of nitrogens with zero attached hydrogens (tertiary/aromatic N) is 1. The molecule has 0 saturated carbocycles. The zero-order valence-electron chi connectivity index (χ0n) is 16.6. The molecule has 2 unspecified atom stereocenters. The number of ether oxygens (including phenoxy) is 1. The smallest absolute Gasteiger partial charge is 0.303 e. The third kappa shape index (κ3) is 4.30. The third-order valence-corrected chi connectivity index (χ3v) is 4.96. The van der Waals surface area contributed by atoms with Gasteiger partial charge in [-0.3, -0.25) is 14.4 Å². The Hall–Kier alpha value is -3.19. The van der Waals surface area contributed by atoms with Gasteiger partial charge in [-0.15, -0.1) is 0 Å². The fourth-order valence-corrected chi connectivity index (χ4v) is 3.37. The first kappa shape index (κ1) is 20.5. The molecular weight excluding hydrogens is 372 g/mol. The van der Waals surface area contributed by atoms with Crippen LogP contribution in [0.4, 0.5) is 5.69 Å². The zero-order chi connectivity index (χ0) is 21.2. The average Bonchev–Trinajstić information content (AvgIpc) is 2.91. The normalized spacial score (nSPS) is 18.6. The topological polar surface area (TPSA) is 95.9 Å². The average molecular weight is 396 g/mol. The number of nitrogens with one attached hydrogen (secondary N) is 1. The van der Waals surface area contributed by atoms with Gasteiger partial charge < -0.3 is 20.1 Å². The van der Waals surface area contributed by atoms with E-state index in [9.17, 15) is 19.5 Å². The van der Waals surface area contributed by atoms with Gasteiger partial charge in [-0.1, -0.05) is 36.4 Å². The Morgan fingerprint density at radius 2 is 1.86 bits per heavy atom. The standard InChI is InChI=1S/C22H24N2O5/c1-14(25)29-19(11-15-7-5-4-6-8-15)16-9-10-18-17(12-16)22(28,21(27)23-18)13-20(26)24(2)3/h4-10,12,19,28H,11,13H2,1-3H3,(H,23,27). The van der Waals surface area contributed by atoms with Crippen molar-refractivity contribution in [1.29, 1.82) is 0 Å². The van der Waals surface area contributed by atoms with Crippen molar-refractivity contribution in [1.82, 2.24) is 4.90 Å². The van der Waals surface area contributed by atoms with Gasteiger partial charge >= 0.3 is 5.97 Å². The van der Waals surface area contributed by atoms with Crippen molar-refractivity contribution in [2.45, 2.75) is 31.5 Å². The van der Waals surface area contributed by atoms with E-state index in [4.69, 9.17) is 4.74 Å². The third-order valence-electron chi connectivity index (χ3n) is 4.96. The second-order valence-corrected chi connectivity index (χ2v) is 7.37. The van der Waals surface area contributed by atoms with Crippen LogP contribution in [0, 0.1) is 0 Å². The fraction of sp³-hybridized carbons (Fsp3) is 0.318. The van der Waals surface area contributed by atoms with Gasteiger partial charge in [-0.05, 0) is 23.3 Å². The fourth-order valence-electron chi connectivity index (χ4n) is 3.37.